The van der Waals surface area contributed by atoms with Gasteiger partial charge in [-0.3, -0.25) is 5.32 Å². The van der Waals surface area contributed by atoms with Crippen molar-refractivity contribution in [2.75, 3.05) is 0 Å². The van der Waals surface area contributed by atoms with E-state index in [2.05, 4.69) is 11.1 Å². The standard InChI is InChI=1S/C9H9ClN2/c1-6-9(10)12-8-5-3-2-4-7(8)11-6/h2-5,8,12H,1H3/p+1. The van der Waals surface area contributed by atoms with Crippen LogP contribution in [-0.2, 0) is 0 Å². The Bertz CT molecular complexity index is 323. The molecule has 62 valence electrons. The molecule has 0 aromatic heterocycles. The lowest BCUT2D eigenvalue weighted by Gasteiger charge is -2.18. The van der Waals surface area contributed by atoms with Gasteiger partial charge in [0.1, 0.15) is 11.4 Å². The van der Waals surface area contributed by atoms with Crippen LogP contribution < -0.4 is 5.32 Å². The summed E-state index contributed by atoms with van der Waals surface area (Å²) >= 11 is 5.95. The van der Waals surface area contributed by atoms with E-state index in [0.717, 1.165) is 16.6 Å². The zero-order valence-corrected chi connectivity index (χ0v) is 7.55. The normalized spacial score (nSPS) is 27.2. The van der Waals surface area contributed by atoms with Crippen LogP contribution in [0.2, 0.25) is 0 Å². The van der Waals surface area contributed by atoms with Gasteiger partial charge >= 0.3 is 0 Å². The molecule has 2 N–H and O–H groups in total. The molecular formula is C9H10ClN2+. The van der Waals surface area contributed by atoms with E-state index >= 15 is 0 Å². The molecule has 0 saturated carbocycles. The van der Waals surface area contributed by atoms with Gasteiger partial charge in [-0.1, -0.05) is 12.2 Å². The highest BCUT2D eigenvalue weighted by molar-refractivity contribution is 6.28. The van der Waals surface area contributed by atoms with Crippen molar-refractivity contribution >= 4 is 17.3 Å². The summed E-state index contributed by atoms with van der Waals surface area (Å²) in [5.74, 6) is 0. The first-order chi connectivity index (χ1) is 5.77. The largest absolute Gasteiger partial charge is 0.291 e. The van der Waals surface area contributed by atoms with Crippen LogP contribution in [0.5, 0.6) is 0 Å². The number of hydrogen-bond donors (Lipinski definition) is 1. The van der Waals surface area contributed by atoms with Crippen molar-refractivity contribution in [3.8, 4) is 0 Å². The molecule has 1 heterocycles. The molecule has 0 aromatic rings. The second-order valence-corrected chi connectivity index (χ2v) is 3.31. The Kier molecular flexibility index (Phi) is 1.87. The Morgan fingerprint density at radius 3 is 3.17 bits per heavy atom. The lowest BCUT2D eigenvalue weighted by molar-refractivity contribution is -0.608. The molecule has 0 spiro atoms. The van der Waals surface area contributed by atoms with Gasteiger partial charge in [0.15, 0.2) is 6.04 Å². The van der Waals surface area contributed by atoms with E-state index in [1.807, 2.05) is 30.5 Å². The van der Waals surface area contributed by atoms with E-state index in [1.54, 1.807) is 0 Å². The Morgan fingerprint density at radius 1 is 1.50 bits per heavy atom. The molecular weight excluding hydrogens is 172 g/mol. The maximum absolute atomic E-state index is 5.95. The van der Waals surface area contributed by atoms with E-state index in [9.17, 15) is 0 Å². The second-order valence-electron chi connectivity index (χ2n) is 2.91. The van der Waals surface area contributed by atoms with Gasteiger partial charge in [0.2, 0.25) is 5.16 Å². The van der Waals surface area contributed by atoms with Gasteiger partial charge < -0.3 is 0 Å². The molecule has 12 heavy (non-hydrogen) atoms. The van der Waals surface area contributed by atoms with Crippen molar-refractivity contribution in [1.29, 1.82) is 0 Å². The zero-order chi connectivity index (χ0) is 8.55. The summed E-state index contributed by atoms with van der Waals surface area (Å²) in [7, 11) is 0. The highest BCUT2D eigenvalue weighted by Gasteiger charge is 2.23. The van der Waals surface area contributed by atoms with Crippen molar-refractivity contribution in [3.05, 3.63) is 35.2 Å². The second kappa shape index (κ2) is 2.88. The fourth-order valence-electron chi connectivity index (χ4n) is 1.33. The van der Waals surface area contributed by atoms with E-state index in [1.165, 1.54) is 0 Å². The van der Waals surface area contributed by atoms with E-state index in [0.29, 0.717) is 0 Å². The van der Waals surface area contributed by atoms with E-state index in [-0.39, 0.29) is 6.04 Å². The molecule has 0 aromatic carbocycles. The number of nitrogens with zero attached hydrogens (tertiary/aromatic N) is 1. The SMILES string of the molecule is CC1=C(Cl)[NH2+]C2C=CC=CC2=N1. The third-order valence-corrected chi connectivity index (χ3v) is 2.41. The van der Waals surface area contributed by atoms with Crippen LogP contribution in [0.15, 0.2) is 40.1 Å². The smallest absolute Gasteiger partial charge is 0.220 e. The van der Waals surface area contributed by atoms with Gasteiger partial charge in [-0.15, -0.1) is 0 Å². The van der Waals surface area contributed by atoms with Crippen molar-refractivity contribution in [2.45, 2.75) is 13.0 Å². The first-order valence-electron chi connectivity index (χ1n) is 3.92. The highest BCUT2D eigenvalue weighted by Crippen LogP contribution is 2.11. The third kappa shape index (κ3) is 1.24. The van der Waals surface area contributed by atoms with Crippen LogP contribution in [0.1, 0.15) is 6.92 Å². The molecule has 0 bridgehead atoms. The fourth-order valence-corrected chi connectivity index (χ4v) is 1.50. The quantitative estimate of drug-likeness (QED) is 0.539. The molecule has 0 radical (unpaired) electrons. The summed E-state index contributed by atoms with van der Waals surface area (Å²) in [6.45, 7) is 1.92. The molecule has 1 aliphatic carbocycles. The molecule has 2 aliphatic rings. The molecule has 1 aliphatic heterocycles. The van der Waals surface area contributed by atoms with Crippen LogP contribution in [0.25, 0.3) is 0 Å². The highest BCUT2D eigenvalue weighted by atomic mass is 35.5. The molecule has 2 nitrogen and oxygen atoms in total. The van der Waals surface area contributed by atoms with Crippen LogP contribution in [0.4, 0.5) is 0 Å². The molecule has 2 rings (SSSR count). The molecule has 1 atom stereocenters. The number of rotatable bonds is 0. The average molecular weight is 182 g/mol. The van der Waals surface area contributed by atoms with Crippen molar-refractivity contribution < 1.29 is 5.32 Å². The Hall–Kier alpha value is -0.860. The number of nitrogens with two attached hydrogens (primary N) is 1. The lowest BCUT2D eigenvalue weighted by atomic mass is 10.1. The van der Waals surface area contributed by atoms with Crippen LogP contribution in [-0.4, -0.2) is 11.8 Å². The monoisotopic (exact) mass is 181 g/mol. The Balaban J connectivity index is 2.38. The van der Waals surface area contributed by atoms with Crippen LogP contribution in [0, 0.1) is 0 Å². The first kappa shape index (κ1) is 7.77. The van der Waals surface area contributed by atoms with Gasteiger partial charge in [-0.2, -0.15) is 0 Å². The molecule has 3 heteroatoms. The number of halogens is 1. The van der Waals surface area contributed by atoms with Gasteiger partial charge in [-0.05, 0) is 30.7 Å². The maximum Gasteiger partial charge on any atom is 0.220 e. The van der Waals surface area contributed by atoms with Crippen LogP contribution in [0.3, 0.4) is 0 Å². The average Bonchev–Trinajstić information content (AvgIpc) is 2.07. The molecule has 0 saturated heterocycles. The van der Waals surface area contributed by atoms with Gasteiger partial charge in [0, 0.05) is 0 Å². The van der Waals surface area contributed by atoms with Gasteiger partial charge in [0.05, 0.1) is 0 Å². The third-order valence-electron chi connectivity index (χ3n) is 2.01. The van der Waals surface area contributed by atoms with Crippen molar-refractivity contribution in [3.63, 3.8) is 0 Å². The first-order valence-corrected chi connectivity index (χ1v) is 4.30. The van der Waals surface area contributed by atoms with Gasteiger partial charge in [0.25, 0.3) is 0 Å². The topological polar surface area (TPSA) is 29.0 Å². The zero-order valence-electron chi connectivity index (χ0n) is 6.79. The number of aliphatic imine (C=N–C) groups is 1. The fraction of sp³-hybridized carbons (Fsp3) is 0.222. The lowest BCUT2D eigenvalue weighted by Crippen LogP contribution is -2.89. The summed E-state index contributed by atoms with van der Waals surface area (Å²) in [6.07, 6.45) is 8.13. The van der Waals surface area contributed by atoms with Gasteiger partial charge in [-0.25, -0.2) is 4.99 Å². The minimum atomic E-state index is 0.284. The Morgan fingerprint density at radius 2 is 2.33 bits per heavy atom. The molecule has 1 unspecified atom stereocenters. The summed E-state index contributed by atoms with van der Waals surface area (Å²) in [4.78, 5) is 4.38. The summed E-state index contributed by atoms with van der Waals surface area (Å²) < 4.78 is 0. The van der Waals surface area contributed by atoms with E-state index < -0.39 is 0 Å². The number of fused-ring (bicyclic) bond motifs is 1. The van der Waals surface area contributed by atoms with E-state index in [4.69, 9.17) is 11.6 Å². The summed E-state index contributed by atoms with van der Waals surface area (Å²) in [5.41, 5.74) is 1.99. The predicted octanol–water partition coefficient (Wildman–Crippen LogP) is 0.927. The minimum absolute atomic E-state index is 0.284. The number of hydrogen-bond acceptors (Lipinski definition) is 1. The maximum atomic E-state index is 5.95. The van der Waals surface area contributed by atoms with Crippen LogP contribution >= 0.6 is 11.6 Å². The predicted molar refractivity (Wildman–Crippen MR) is 50.0 cm³/mol. The number of allylic oxidation sites excluding steroid dienone is 3. The van der Waals surface area contributed by atoms with Crippen molar-refractivity contribution in [2.24, 2.45) is 4.99 Å². The van der Waals surface area contributed by atoms with Crippen molar-refractivity contribution in [1.82, 2.24) is 0 Å². The molecule has 0 amide bonds. The summed E-state index contributed by atoms with van der Waals surface area (Å²) in [6, 6.07) is 0.284. The summed E-state index contributed by atoms with van der Waals surface area (Å²) in [5, 5.41) is 2.79. The molecule has 0 fully saturated rings. The Labute approximate surface area is 76.3 Å². The minimum Gasteiger partial charge on any atom is -0.291 e. The number of quaternary nitrogens is 1.